The average molecular weight is 546 g/mol. The number of rotatable bonds is 8. The SMILES string of the molecule is Cc1ccc2c(Cn3c(=O)ccn([C@@H]4O[C@H](COP(=O)([O-])OP(=O)([O-])[O-])C(O)[C@@H]4O)c3=O)noc2c1. The van der Waals surface area contributed by atoms with E-state index in [4.69, 9.17) is 9.26 Å². The topological polar surface area (TPSA) is 241 Å². The van der Waals surface area contributed by atoms with Gasteiger partial charge in [0.05, 0.1) is 21.0 Å². The highest BCUT2D eigenvalue weighted by atomic mass is 31.3. The van der Waals surface area contributed by atoms with Crippen LogP contribution in [0.3, 0.4) is 0 Å². The third-order valence-electron chi connectivity index (χ3n) is 5.31. The maximum absolute atomic E-state index is 13.1. The summed E-state index contributed by atoms with van der Waals surface area (Å²) >= 11 is 0. The number of aliphatic hydroxyl groups is 2. The van der Waals surface area contributed by atoms with Crippen molar-refractivity contribution in [2.45, 2.75) is 38.0 Å². The molecular weight excluding hydrogens is 528 g/mol. The number of aliphatic hydroxyl groups excluding tert-OH is 2. The lowest BCUT2D eigenvalue weighted by molar-refractivity contribution is -0.339. The molecule has 16 nitrogen and oxygen atoms in total. The molecule has 0 spiro atoms. The Balaban J connectivity index is 1.57. The van der Waals surface area contributed by atoms with E-state index in [0.29, 0.717) is 11.0 Å². The lowest BCUT2D eigenvalue weighted by atomic mass is 10.1. The van der Waals surface area contributed by atoms with Gasteiger partial charge >= 0.3 is 5.69 Å². The van der Waals surface area contributed by atoms with E-state index in [0.717, 1.165) is 27.0 Å². The van der Waals surface area contributed by atoms with Gasteiger partial charge in [-0.1, -0.05) is 11.2 Å². The highest BCUT2D eigenvalue weighted by Gasteiger charge is 2.44. The van der Waals surface area contributed by atoms with E-state index in [-0.39, 0.29) is 12.2 Å². The van der Waals surface area contributed by atoms with Gasteiger partial charge in [-0.2, -0.15) is 0 Å². The number of ether oxygens (including phenoxy) is 1. The van der Waals surface area contributed by atoms with Gasteiger partial charge in [-0.05, 0) is 24.6 Å². The fourth-order valence-electron chi connectivity index (χ4n) is 3.64. The van der Waals surface area contributed by atoms with E-state index in [2.05, 4.69) is 14.0 Å². The standard InChI is InChI=1S/C18H21N3O13P2/c1-9-2-3-10-11(19-33-12(10)6-9)7-21-14(22)4-5-20(18(21)25)17-16(24)15(23)13(32-17)8-31-36(29,30)34-35(26,27)28/h2-6,13,15-17,23-24H,7-8H2,1H3,(H,29,30)(H2,26,27,28)/p-3/t13-,15?,16+,17-/m1/s1. The van der Waals surface area contributed by atoms with Crippen molar-refractivity contribution in [1.29, 1.82) is 0 Å². The fraction of sp³-hybridized carbons (Fsp3) is 0.389. The molecule has 0 amide bonds. The van der Waals surface area contributed by atoms with Crippen LogP contribution in [-0.4, -0.2) is 49.4 Å². The Morgan fingerprint density at radius 1 is 1.14 bits per heavy atom. The van der Waals surface area contributed by atoms with Crippen LogP contribution in [0.4, 0.5) is 0 Å². The van der Waals surface area contributed by atoms with Crippen molar-refractivity contribution in [3.63, 3.8) is 0 Å². The molecule has 1 aromatic carbocycles. The van der Waals surface area contributed by atoms with Crippen LogP contribution in [0.2, 0.25) is 0 Å². The quantitative estimate of drug-likeness (QED) is 0.277. The summed E-state index contributed by atoms with van der Waals surface area (Å²) in [6.07, 6.45) is -5.79. The minimum Gasteiger partial charge on any atom is -0.790 e. The third kappa shape index (κ3) is 5.58. The molecule has 18 heteroatoms. The van der Waals surface area contributed by atoms with E-state index < -0.39 is 58.0 Å². The molecule has 0 aliphatic carbocycles. The highest BCUT2D eigenvalue weighted by molar-refractivity contribution is 7.58. The predicted molar refractivity (Wildman–Crippen MR) is 111 cm³/mol. The minimum atomic E-state index is -5.94. The number of benzene rings is 1. The number of aromatic nitrogens is 3. The molecule has 1 aliphatic heterocycles. The van der Waals surface area contributed by atoms with E-state index in [9.17, 15) is 43.6 Å². The van der Waals surface area contributed by atoms with E-state index in [1.165, 1.54) is 0 Å². The van der Waals surface area contributed by atoms with Gasteiger partial charge in [-0.25, -0.2) is 4.79 Å². The molecule has 1 fully saturated rings. The Kier molecular flexibility index (Phi) is 7.20. The molecule has 5 atom stereocenters. The summed E-state index contributed by atoms with van der Waals surface area (Å²) in [6, 6.07) is 6.23. The summed E-state index contributed by atoms with van der Waals surface area (Å²) in [4.78, 5) is 57.9. The minimum absolute atomic E-state index is 0.279. The second-order valence-corrected chi connectivity index (χ2v) is 10.6. The number of aryl methyl sites for hydroxylation is 1. The van der Waals surface area contributed by atoms with Gasteiger partial charge in [0.15, 0.2) is 11.8 Å². The molecule has 36 heavy (non-hydrogen) atoms. The Morgan fingerprint density at radius 3 is 2.56 bits per heavy atom. The number of phosphoric acid groups is 2. The maximum atomic E-state index is 13.1. The van der Waals surface area contributed by atoms with Crippen LogP contribution in [0, 0.1) is 6.92 Å². The largest absolute Gasteiger partial charge is 0.790 e. The molecule has 1 saturated heterocycles. The second kappa shape index (κ2) is 9.76. The van der Waals surface area contributed by atoms with Crippen molar-refractivity contribution < 1.29 is 52.1 Å². The zero-order valence-corrected chi connectivity index (χ0v) is 20.0. The van der Waals surface area contributed by atoms with Crippen LogP contribution in [0.25, 0.3) is 11.0 Å². The third-order valence-corrected chi connectivity index (χ3v) is 7.38. The summed E-state index contributed by atoms with van der Waals surface area (Å²) in [5.74, 6) is 0. The van der Waals surface area contributed by atoms with Gasteiger partial charge in [0.25, 0.3) is 13.4 Å². The Labute approximate surface area is 200 Å². The van der Waals surface area contributed by atoms with E-state index in [1.807, 2.05) is 6.92 Å². The molecule has 1 aliphatic rings. The van der Waals surface area contributed by atoms with Gasteiger partial charge in [-0.3, -0.25) is 22.8 Å². The number of hydrogen-bond donors (Lipinski definition) is 2. The molecule has 3 aromatic rings. The molecule has 0 radical (unpaired) electrons. The summed E-state index contributed by atoms with van der Waals surface area (Å²) in [5.41, 5.74) is -0.0402. The smallest absolute Gasteiger partial charge is 0.333 e. The molecule has 196 valence electrons. The second-order valence-electron chi connectivity index (χ2n) is 7.88. The van der Waals surface area contributed by atoms with Crippen LogP contribution < -0.4 is 25.9 Å². The van der Waals surface area contributed by atoms with Gasteiger partial charge in [-0.15, -0.1) is 0 Å². The number of hydrogen-bond acceptors (Lipinski definition) is 14. The zero-order chi connectivity index (χ0) is 26.4. The van der Waals surface area contributed by atoms with Crippen LogP contribution in [0.1, 0.15) is 17.5 Å². The van der Waals surface area contributed by atoms with Crippen LogP contribution in [0.5, 0.6) is 0 Å². The van der Waals surface area contributed by atoms with E-state index in [1.54, 1.807) is 18.2 Å². The molecule has 2 aromatic heterocycles. The van der Waals surface area contributed by atoms with Gasteiger partial charge in [0.1, 0.15) is 24.0 Å². The Hall–Kier alpha value is -2.49. The predicted octanol–water partition coefficient (Wildman–Crippen LogP) is -2.54. The summed E-state index contributed by atoms with van der Waals surface area (Å²) in [7, 11) is -11.6. The summed E-state index contributed by atoms with van der Waals surface area (Å²) in [6.45, 7) is 0.485. The molecule has 2 unspecified atom stereocenters. The Bertz CT molecular complexity index is 1490. The van der Waals surface area contributed by atoms with Gasteiger partial charge in [0, 0.05) is 17.6 Å². The first-order valence-electron chi connectivity index (χ1n) is 10.1. The van der Waals surface area contributed by atoms with Crippen molar-refractivity contribution in [3.05, 3.63) is 62.6 Å². The first-order valence-corrected chi connectivity index (χ1v) is 13.1. The van der Waals surface area contributed by atoms with Crippen molar-refractivity contribution >= 4 is 26.6 Å². The van der Waals surface area contributed by atoms with Crippen LogP contribution in [-0.2, 0) is 29.2 Å². The molecule has 3 heterocycles. The number of phosphoric ester groups is 1. The van der Waals surface area contributed by atoms with Gasteiger partial charge < -0.3 is 43.2 Å². The zero-order valence-electron chi connectivity index (χ0n) is 18.2. The van der Waals surface area contributed by atoms with Crippen molar-refractivity contribution in [3.8, 4) is 0 Å². The fourth-order valence-corrected chi connectivity index (χ4v) is 5.14. The number of nitrogens with zero attached hydrogens (tertiary/aromatic N) is 3. The molecule has 2 N–H and O–H groups in total. The van der Waals surface area contributed by atoms with E-state index >= 15 is 0 Å². The molecule has 0 bridgehead atoms. The van der Waals surface area contributed by atoms with Crippen LogP contribution >= 0.6 is 15.6 Å². The van der Waals surface area contributed by atoms with Crippen molar-refractivity contribution in [1.82, 2.24) is 14.3 Å². The lowest BCUT2D eigenvalue weighted by Crippen LogP contribution is -2.43. The lowest BCUT2D eigenvalue weighted by Gasteiger charge is -2.35. The molecule has 4 rings (SSSR count). The van der Waals surface area contributed by atoms with Gasteiger partial charge in [0.2, 0.25) is 0 Å². The maximum Gasteiger partial charge on any atom is 0.333 e. The first-order chi connectivity index (χ1) is 16.8. The van der Waals surface area contributed by atoms with Crippen molar-refractivity contribution in [2.75, 3.05) is 6.61 Å². The molecular formula is C18H18N3O13P2-3. The summed E-state index contributed by atoms with van der Waals surface area (Å²) < 4.78 is 41.6. The monoisotopic (exact) mass is 546 g/mol. The molecule has 0 saturated carbocycles. The number of fused-ring (bicyclic) bond motifs is 1. The normalized spacial score (nSPS) is 24.3. The average Bonchev–Trinajstić information content (AvgIpc) is 3.28. The van der Waals surface area contributed by atoms with Crippen molar-refractivity contribution in [2.24, 2.45) is 0 Å². The Morgan fingerprint density at radius 2 is 1.86 bits per heavy atom. The van der Waals surface area contributed by atoms with Crippen LogP contribution in [0.15, 0.2) is 44.6 Å². The first kappa shape index (κ1) is 26.6. The summed E-state index contributed by atoms with van der Waals surface area (Å²) in [5, 5.41) is 25.1. The highest BCUT2D eigenvalue weighted by Crippen LogP contribution is 2.50.